The maximum absolute atomic E-state index is 13.7. The van der Waals surface area contributed by atoms with Crippen molar-refractivity contribution in [2.45, 2.75) is 57.7 Å². The second-order valence-electron chi connectivity index (χ2n) is 10.0. The zero-order chi connectivity index (χ0) is 25.9. The lowest BCUT2D eigenvalue weighted by Crippen LogP contribution is -2.29. The molecule has 0 heterocycles. The van der Waals surface area contributed by atoms with Crippen LogP contribution in [0.15, 0.2) is 72.3 Å². The molecule has 1 saturated carbocycles. The van der Waals surface area contributed by atoms with E-state index < -0.39 is 24.1 Å². The first-order valence-corrected chi connectivity index (χ1v) is 12.4. The average Bonchev–Trinajstić information content (AvgIpc) is 3.31. The fourth-order valence-electron chi connectivity index (χ4n) is 5.43. The van der Waals surface area contributed by atoms with Gasteiger partial charge in [0.25, 0.3) is 0 Å². The Morgan fingerprint density at radius 3 is 2.08 bits per heavy atom. The molecule has 0 saturated heterocycles. The molecule has 3 N–H and O–H groups in total. The van der Waals surface area contributed by atoms with Crippen molar-refractivity contribution in [1.29, 1.82) is 0 Å². The zero-order valence-corrected chi connectivity index (χ0v) is 20.3. The summed E-state index contributed by atoms with van der Waals surface area (Å²) in [6.45, 7) is 1.41. The number of allylic oxidation sites excluding steroid dienone is 5. The maximum Gasteiger partial charge on any atom is 0.308 e. The predicted octanol–water partition coefficient (Wildman–Crippen LogP) is 6.15. The quantitative estimate of drug-likeness (QED) is 0.411. The first-order chi connectivity index (χ1) is 17.2. The van der Waals surface area contributed by atoms with Gasteiger partial charge in [-0.2, -0.15) is 0 Å². The van der Waals surface area contributed by atoms with Crippen LogP contribution in [0.3, 0.4) is 0 Å². The molecule has 6 heteroatoms. The lowest BCUT2D eigenvalue weighted by molar-refractivity contribution is -0.145. The number of rotatable bonds is 8. The van der Waals surface area contributed by atoms with E-state index in [-0.39, 0.29) is 23.5 Å². The highest BCUT2D eigenvalue weighted by Crippen LogP contribution is 2.55. The number of carboxylic acid groups (broad SMARTS) is 1. The lowest BCUT2D eigenvalue weighted by Gasteiger charge is -2.37. The minimum atomic E-state index is -1.18. The van der Waals surface area contributed by atoms with Gasteiger partial charge >= 0.3 is 5.97 Å². The molecule has 3 unspecified atom stereocenters. The molecule has 1 fully saturated rings. The van der Waals surface area contributed by atoms with Gasteiger partial charge in [-0.25, -0.2) is 8.78 Å². The van der Waals surface area contributed by atoms with E-state index in [2.05, 4.69) is 6.08 Å². The second kappa shape index (κ2) is 10.9. The van der Waals surface area contributed by atoms with E-state index in [0.29, 0.717) is 0 Å². The summed E-state index contributed by atoms with van der Waals surface area (Å²) in [5, 5.41) is 29.9. The van der Waals surface area contributed by atoms with Crippen molar-refractivity contribution in [1.82, 2.24) is 0 Å². The van der Waals surface area contributed by atoms with E-state index in [1.54, 1.807) is 30.3 Å². The predicted molar refractivity (Wildman–Crippen MR) is 136 cm³/mol. The third kappa shape index (κ3) is 5.66. The SMILES string of the molecule is CC(C(=O)O)C(O)CC(O)C=CC1=C(c2ccc(F)cc2)C=C(c2ccc(F)cc2)CC12CCCC2. The fourth-order valence-corrected chi connectivity index (χ4v) is 5.43. The number of halogens is 2. The Morgan fingerprint density at radius 1 is 0.972 bits per heavy atom. The molecule has 1 spiro atoms. The summed E-state index contributed by atoms with van der Waals surface area (Å²) in [5.41, 5.74) is 4.64. The molecule has 2 aliphatic rings. The topological polar surface area (TPSA) is 77.8 Å². The molecule has 0 bridgehead atoms. The molecule has 0 radical (unpaired) electrons. The van der Waals surface area contributed by atoms with E-state index in [0.717, 1.165) is 60.0 Å². The molecule has 2 aromatic carbocycles. The van der Waals surface area contributed by atoms with Gasteiger partial charge in [0, 0.05) is 6.42 Å². The molecule has 0 amide bonds. The molecular weight excluding hydrogens is 462 g/mol. The number of hydrogen-bond acceptors (Lipinski definition) is 3. The second-order valence-corrected chi connectivity index (χ2v) is 10.0. The molecule has 0 aliphatic heterocycles. The number of aliphatic hydroxyl groups excluding tert-OH is 2. The number of benzene rings is 2. The van der Waals surface area contributed by atoms with Crippen molar-refractivity contribution in [3.63, 3.8) is 0 Å². The summed E-state index contributed by atoms with van der Waals surface area (Å²) in [6, 6.07) is 12.8. The van der Waals surface area contributed by atoms with E-state index in [9.17, 15) is 23.8 Å². The van der Waals surface area contributed by atoms with Gasteiger partial charge in [-0.15, -0.1) is 0 Å². The van der Waals surface area contributed by atoms with Crippen LogP contribution < -0.4 is 0 Å². The van der Waals surface area contributed by atoms with Crippen molar-refractivity contribution in [3.8, 4) is 0 Å². The van der Waals surface area contributed by atoms with Gasteiger partial charge in [0.05, 0.1) is 18.1 Å². The monoisotopic (exact) mass is 494 g/mol. The minimum absolute atomic E-state index is 0.0905. The van der Waals surface area contributed by atoms with Crippen LogP contribution in [0, 0.1) is 23.0 Å². The Balaban J connectivity index is 1.77. The zero-order valence-electron chi connectivity index (χ0n) is 20.3. The van der Waals surface area contributed by atoms with Crippen molar-refractivity contribution in [3.05, 3.63) is 95.1 Å². The van der Waals surface area contributed by atoms with Gasteiger partial charge in [0.15, 0.2) is 0 Å². The smallest absolute Gasteiger partial charge is 0.308 e. The number of aliphatic carboxylic acids is 1. The largest absolute Gasteiger partial charge is 0.481 e. The third-order valence-corrected chi connectivity index (χ3v) is 7.57. The molecule has 3 atom stereocenters. The van der Waals surface area contributed by atoms with Gasteiger partial charge in [-0.05, 0) is 83.7 Å². The van der Waals surface area contributed by atoms with Crippen LogP contribution in [0.5, 0.6) is 0 Å². The Kier molecular flexibility index (Phi) is 7.86. The van der Waals surface area contributed by atoms with Crippen molar-refractivity contribution in [2.75, 3.05) is 0 Å². The highest BCUT2D eigenvalue weighted by molar-refractivity contribution is 5.90. The Bertz CT molecular complexity index is 1170. The standard InChI is InChI=1S/C30H32F2O4/c1-19(29(35)36)28(34)17-25(33)12-13-27-26(21-6-10-24(32)11-7-21)16-22(18-30(27)14-2-3-15-30)20-4-8-23(31)9-5-20/h4-13,16,19,25,28,33-34H,2-3,14-15,17-18H2,1H3,(H,35,36). The fraction of sp³-hybridized carbons (Fsp3) is 0.367. The highest BCUT2D eigenvalue weighted by atomic mass is 19.1. The number of hydrogen-bond donors (Lipinski definition) is 3. The molecule has 4 nitrogen and oxygen atoms in total. The average molecular weight is 495 g/mol. The van der Waals surface area contributed by atoms with E-state index in [4.69, 9.17) is 5.11 Å². The molecule has 36 heavy (non-hydrogen) atoms. The molecular formula is C30H32F2O4. The molecule has 2 aromatic rings. The maximum atomic E-state index is 13.7. The summed E-state index contributed by atoms with van der Waals surface area (Å²) in [4.78, 5) is 11.2. The first-order valence-electron chi connectivity index (χ1n) is 12.4. The Labute approximate surface area is 210 Å². The summed E-state index contributed by atoms with van der Waals surface area (Å²) in [7, 11) is 0. The molecule has 0 aromatic heterocycles. The van der Waals surface area contributed by atoms with Gasteiger partial charge < -0.3 is 15.3 Å². The van der Waals surface area contributed by atoms with Crippen LogP contribution in [0.25, 0.3) is 11.1 Å². The number of aliphatic hydroxyl groups is 2. The van der Waals surface area contributed by atoms with Crippen LogP contribution in [0.1, 0.15) is 56.6 Å². The molecule has 190 valence electrons. The Morgan fingerprint density at radius 2 is 1.53 bits per heavy atom. The number of carbonyl (C=O) groups is 1. The van der Waals surface area contributed by atoms with Crippen LogP contribution in [-0.4, -0.2) is 33.5 Å². The summed E-state index contributed by atoms with van der Waals surface area (Å²) in [5.74, 6) is -2.73. The van der Waals surface area contributed by atoms with Gasteiger partial charge in [0.2, 0.25) is 0 Å². The van der Waals surface area contributed by atoms with Crippen molar-refractivity contribution >= 4 is 17.1 Å². The van der Waals surface area contributed by atoms with Crippen LogP contribution in [-0.2, 0) is 4.79 Å². The van der Waals surface area contributed by atoms with Crippen LogP contribution in [0.4, 0.5) is 8.78 Å². The van der Waals surface area contributed by atoms with Crippen molar-refractivity contribution < 1.29 is 28.9 Å². The van der Waals surface area contributed by atoms with E-state index >= 15 is 0 Å². The normalized spacial score (nSPS) is 20.0. The van der Waals surface area contributed by atoms with Crippen molar-refractivity contribution in [2.24, 2.45) is 11.3 Å². The van der Waals surface area contributed by atoms with Crippen LogP contribution >= 0.6 is 0 Å². The highest BCUT2D eigenvalue weighted by Gasteiger charge is 2.41. The minimum Gasteiger partial charge on any atom is -0.481 e. The first kappa shape index (κ1) is 26.0. The molecule has 2 aliphatic carbocycles. The summed E-state index contributed by atoms with van der Waals surface area (Å²) >= 11 is 0. The third-order valence-electron chi connectivity index (χ3n) is 7.57. The Hall–Kier alpha value is -3.09. The van der Waals surface area contributed by atoms with Gasteiger partial charge in [-0.1, -0.05) is 55.3 Å². The molecule has 4 rings (SSSR count). The lowest BCUT2D eigenvalue weighted by atomic mass is 9.66. The number of carboxylic acids is 1. The van der Waals surface area contributed by atoms with E-state index in [1.807, 2.05) is 6.08 Å². The summed E-state index contributed by atoms with van der Waals surface area (Å²) in [6.07, 6.45) is 8.06. The van der Waals surface area contributed by atoms with Crippen LogP contribution in [0.2, 0.25) is 0 Å². The van der Waals surface area contributed by atoms with Gasteiger partial charge in [-0.3, -0.25) is 4.79 Å². The van der Waals surface area contributed by atoms with E-state index in [1.165, 1.54) is 31.2 Å². The van der Waals surface area contributed by atoms with Gasteiger partial charge in [0.1, 0.15) is 11.6 Å². The summed E-state index contributed by atoms with van der Waals surface area (Å²) < 4.78 is 27.3.